The Hall–Kier alpha value is -1.69. The molecule has 0 saturated carbocycles. The van der Waals surface area contributed by atoms with Crippen LogP contribution in [0.1, 0.15) is 30.5 Å². The van der Waals surface area contributed by atoms with E-state index in [2.05, 4.69) is 21.2 Å². The van der Waals surface area contributed by atoms with Crippen molar-refractivity contribution in [2.45, 2.75) is 32.1 Å². The number of piperazine rings is 1. The van der Waals surface area contributed by atoms with Gasteiger partial charge in [-0.2, -0.15) is 5.10 Å². The molecule has 23 heavy (non-hydrogen) atoms. The number of ether oxygens (including phenoxy) is 1. The predicted octanol–water partition coefficient (Wildman–Crippen LogP) is 1.04. The predicted molar refractivity (Wildman–Crippen MR) is 86.4 cm³/mol. The highest BCUT2D eigenvalue weighted by atomic mass is 16.5. The molecule has 4 rings (SSSR count). The lowest BCUT2D eigenvalue weighted by Crippen LogP contribution is -2.51. The van der Waals surface area contributed by atoms with Crippen LogP contribution >= 0.6 is 0 Å². The van der Waals surface area contributed by atoms with Gasteiger partial charge in [-0.1, -0.05) is 0 Å². The molecule has 1 amide bonds. The van der Waals surface area contributed by atoms with Crippen LogP contribution in [0.3, 0.4) is 0 Å². The van der Waals surface area contributed by atoms with Crippen LogP contribution in [0.2, 0.25) is 0 Å². The maximum Gasteiger partial charge on any atom is 0.225 e. The van der Waals surface area contributed by atoms with E-state index in [1.165, 1.54) is 17.7 Å². The Bertz CT molecular complexity index is 578. The molecule has 1 aromatic heterocycles. The average molecular weight is 316 g/mol. The Morgan fingerprint density at radius 3 is 2.65 bits per heavy atom. The molecule has 1 aliphatic carbocycles. The highest BCUT2D eigenvalue weighted by Crippen LogP contribution is 2.24. The van der Waals surface area contributed by atoms with Crippen LogP contribution in [-0.4, -0.2) is 60.4 Å². The summed E-state index contributed by atoms with van der Waals surface area (Å²) >= 11 is 0. The molecular weight excluding hydrogens is 292 g/mol. The first-order valence-electron chi connectivity index (χ1n) is 8.78. The molecule has 0 unspecified atom stereocenters. The number of fused-ring (bicyclic) bond motifs is 1. The van der Waals surface area contributed by atoms with E-state index in [4.69, 9.17) is 4.74 Å². The summed E-state index contributed by atoms with van der Waals surface area (Å²) in [6.07, 6.45) is 5.13. The lowest BCUT2D eigenvalue weighted by atomic mass is 9.98. The Balaban J connectivity index is 1.36. The molecule has 2 saturated heterocycles. The van der Waals surface area contributed by atoms with Crippen molar-refractivity contribution >= 4 is 11.7 Å². The second-order valence-corrected chi connectivity index (χ2v) is 6.73. The summed E-state index contributed by atoms with van der Waals surface area (Å²) in [5, 5.41) is 8.77. The van der Waals surface area contributed by atoms with Crippen molar-refractivity contribution in [3.63, 3.8) is 0 Å². The molecule has 2 aliphatic heterocycles. The van der Waals surface area contributed by atoms with Gasteiger partial charge in [0.15, 0.2) is 5.82 Å². The molecule has 3 aliphatic rings. The molecular formula is C17H24N4O2. The number of aryl methyl sites for hydroxylation is 2. The number of hydrogen-bond donors (Lipinski definition) is 0. The first-order chi connectivity index (χ1) is 11.3. The zero-order chi connectivity index (χ0) is 15.6. The summed E-state index contributed by atoms with van der Waals surface area (Å²) in [7, 11) is 0. The van der Waals surface area contributed by atoms with Gasteiger partial charge < -0.3 is 14.5 Å². The van der Waals surface area contributed by atoms with E-state index in [1.807, 2.05) is 4.90 Å². The fourth-order valence-electron chi connectivity index (χ4n) is 3.83. The third kappa shape index (κ3) is 3.04. The number of amides is 1. The Morgan fingerprint density at radius 2 is 1.87 bits per heavy atom. The van der Waals surface area contributed by atoms with E-state index >= 15 is 0 Å². The fraction of sp³-hybridized carbons (Fsp3) is 0.706. The van der Waals surface area contributed by atoms with Crippen LogP contribution in [0.15, 0.2) is 6.07 Å². The standard InChI is InChI=1S/C17H24N4O2/c22-17(13-4-10-23-11-5-13)21-8-6-20(7-9-21)16-12-14-2-1-3-15(14)18-19-16/h12-13H,1-11H2. The first-order valence-corrected chi connectivity index (χ1v) is 8.78. The smallest absolute Gasteiger partial charge is 0.225 e. The molecule has 6 nitrogen and oxygen atoms in total. The quantitative estimate of drug-likeness (QED) is 0.816. The van der Waals surface area contributed by atoms with Crippen LogP contribution in [-0.2, 0) is 22.4 Å². The van der Waals surface area contributed by atoms with Gasteiger partial charge in [0.1, 0.15) is 0 Å². The molecule has 3 heterocycles. The second kappa shape index (κ2) is 6.43. The Labute approximate surface area is 136 Å². The number of anilines is 1. The van der Waals surface area contributed by atoms with Crippen LogP contribution in [0, 0.1) is 5.92 Å². The molecule has 0 spiro atoms. The zero-order valence-electron chi connectivity index (χ0n) is 13.5. The van der Waals surface area contributed by atoms with Gasteiger partial charge in [-0.15, -0.1) is 5.10 Å². The first kappa shape index (κ1) is 14.9. The molecule has 2 fully saturated rings. The van der Waals surface area contributed by atoms with Gasteiger partial charge in [-0.25, -0.2) is 0 Å². The van der Waals surface area contributed by atoms with Crippen molar-refractivity contribution < 1.29 is 9.53 Å². The highest BCUT2D eigenvalue weighted by molar-refractivity contribution is 5.79. The summed E-state index contributed by atoms with van der Waals surface area (Å²) in [5.74, 6) is 1.45. The van der Waals surface area contributed by atoms with Crippen molar-refractivity contribution in [1.82, 2.24) is 15.1 Å². The monoisotopic (exact) mass is 316 g/mol. The lowest BCUT2D eigenvalue weighted by molar-refractivity contribution is -0.138. The number of aromatic nitrogens is 2. The van der Waals surface area contributed by atoms with E-state index < -0.39 is 0 Å². The molecule has 124 valence electrons. The van der Waals surface area contributed by atoms with E-state index in [-0.39, 0.29) is 5.92 Å². The zero-order valence-corrected chi connectivity index (χ0v) is 13.5. The molecule has 6 heteroatoms. The van der Waals surface area contributed by atoms with Gasteiger partial charge >= 0.3 is 0 Å². The Morgan fingerprint density at radius 1 is 1.09 bits per heavy atom. The largest absolute Gasteiger partial charge is 0.381 e. The van der Waals surface area contributed by atoms with E-state index in [9.17, 15) is 4.79 Å². The van der Waals surface area contributed by atoms with Crippen molar-refractivity contribution in [3.8, 4) is 0 Å². The van der Waals surface area contributed by atoms with Crippen molar-refractivity contribution in [2.24, 2.45) is 5.92 Å². The Kier molecular flexibility index (Phi) is 4.16. The van der Waals surface area contributed by atoms with E-state index in [0.717, 1.165) is 70.9 Å². The molecule has 0 bridgehead atoms. The number of carbonyl (C=O) groups excluding carboxylic acids is 1. The van der Waals surface area contributed by atoms with E-state index in [0.29, 0.717) is 5.91 Å². The van der Waals surface area contributed by atoms with Crippen molar-refractivity contribution in [3.05, 3.63) is 17.3 Å². The van der Waals surface area contributed by atoms with Gasteiger partial charge in [0, 0.05) is 45.3 Å². The van der Waals surface area contributed by atoms with Gasteiger partial charge in [-0.05, 0) is 43.7 Å². The normalized spacial score (nSPS) is 22.3. The van der Waals surface area contributed by atoms with Gasteiger partial charge in [0.2, 0.25) is 5.91 Å². The van der Waals surface area contributed by atoms with Crippen LogP contribution in [0.25, 0.3) is 0 Å². The third-order valence-corrected chi connectivity index (χ3v) is 5.29. The van der Waals surface area contributed by atoms with Crippen LogP contribution in [0.4, 0.5) is 5.82 Å². The number of rotatable bonds is 2. The van der Waals surface area contributed by atoms with Gasteiger partial charge in [0.05, 0.1) is 5.69 Å². The van der Waals surface area contributed by atoms with Crippen molar-refractivity contribution in [2.75, 3.05) is 44.3 Å². The molecule has 0 aromatic carbocycles. The summed E-state index contributed by atoms with van der Waals surface area (Å²) in [4.78, 5) is 16.9. The number of nitrogens with zero attached hydrogens (tertiary/aromatic N) is 4. The topological polar surface area (TPSA) is 58.6 Å². The maximum atomic E-state index is 12.6. The summed E-state index contributed by atoms with van der Waals surface area (Å²) in [5.41, 5.74) is 2.53. The average Bonchev–Trinajstić information content (AvgIpc) is 3.10. The lowest BCUT2D eigenvalue weighted by Gasteiger charge is -2.37. The molecule has 0 N–H and O–H groups in total. The number of carbonyl (C=O) groups is 1. The molecule has 0 radical (unpaired) electrons. The fourth-order valence-corrected chi connectivity index (χ4v) is 3.83. The summed E-state index contributed by atoms with van der Waals surface area (Å²) in [6, 6.07) is 2.20. The van der Waals surface area contributed by atoms with E-state index in [1.54, 1.807) is 0 Å². The second-order valence-electron chi connectivity index (χ2n) is 6.73. The minimum Gasteiger partial charge on any atom is -0.381 e. The highest BCUT2D eigenvalue weighted by Gasteiger charge is 2.29. The van der Waals surface area contributed by atoms with Crippen LogP contribution in [0.5, 0.6) is 0 Å². The minimum absolute atomic E-state index is 0.162. The summed E-state index contributed by atoms with van der Waals surface area (Å²) in [6.45, 7) is 4.72. The summed E-state index contributed by atoms with van der Waals surface area (Å²) < 4.78 is 5.35. The van der Waals surface area contributed by atoms with Gasteiger partial charge in [-0.3, -0.25) is 4.79 Å². The SMILES string of the molecule is O=C(C1CCOCC1)N1CCN(c2cc3c(nn2)CCC3)CC1. The minimum atomic E-state index is 0.162. The van der Waals surface area contributed by atoms with Gasteiger partial charge in [0.25, 0.3) is 0 Å². The maximum absolute atomic E-state index is 12.6. The van der Waals surface area contributed by atoms with Crippen molar-refractivity contribution in [1.29, 1.82) is 0 Å². The molecule has 1 aromatic rings. The number of hydrogen-bond acceptors (Lipinski definition) is 5. The van der Waals surface area contributed by atoms with Crippen LogP contribution < -0.4 is 4.90 Å². The molecule has 0 atom stereocenters. The third-order valence-electron chi connectivity index (χ3n) is 5.29.